The van der Waals surface area contributed by atoms with Crippen molar-refractivity contribution in [1.82, 2.24) is 15.2 Å². The summed E-state index contributed by atoms with van der Waals surface area (Å²) in [5, 5.41) is 5.50. The van der Waals surface area contributed by atoms with Gasteiger partial charge in [0, 0.05) is 19.2 Å². The number of carbonyl (C=O) groups is 2. The highest BCUT2D eigenvalue weighted by atomic mass is 16.5. The summed E-state index contributed by atoms with van der Waals surface area (Å²) < 4.78 is 10.4. The van der Waals surface area contributed by atoms with E-state index < -0.39 is 5.91 Å². The standard InChI is InChI=1S/C19H24N4O4/c1-23(2)11-10-20-18(24)14-6-5-7-15(21-14)19(25)22-16-12-13(26-3)8-9-17(16)27-4/h5-9,12H,10-11H2,1-4H3,(H,20,24)(H,22,25). The molecule has 0 aliphatic carbocycles. The predicted octanol–water partition coefficient (Wildman–Crippen LogP) is 1.64. The number of rotatable bonds is 8. The van der Waals surface area contributed by atoms with Gasteiger partial charge in [-0.2, -0.15) is 0 Å². The van der Waals surface area contributed by atoms with Crippen molar-refractivity contribution >= 4 is 17.5 Å². The van der Waals surface area contributed by atoms with E-state index in [2.05, 4.69) is 15.6 Å². The third kappa shape index (κ3) is 5.68. The fourth-order valence-electron chi connectivity index (χ4n) is 2.27. The number of carbonyl (C=O) groups excluding carboxylic acids is 2. The SMILES string of the molecule is COc1ccc(OC)c(NC(=O)c2cccc(C(=O)NCCN(C)C)n2)c1. The molecule has 144 valence electrons. The Bertz CT molecular complexity index is 808. The molecule has 0 unspecified atom stereocenters. The van der Waals surface area contributed by atoms with E-state index in [0.29, 0.717) is 30.3 Å². The number of aromatic nitrogens is 1. The lowest BCUT2D eigenvalue weighted by atomic mass is 10.2. The Labute approximate surface area is 158 Å². The molecular weight excluding hydrogens is 348 g/mol. The molecule has 27 heavy (non-hydrogen) atoms. The van der Waals surface area contributed by atoms with Gasteiger partial charge in [0.15, 0.2) is 0 Å². The van der Waals surface area contributed by atoms with E-state index in [-0.39, 0.29) is 17.3 Å². The normalized spacial score (nSPS) is 10.4. The molecule has 8 heteroatoms. The Morgan fingerprint density at radius 2 is 1.74 bits per heavy atom. The Hall–Kier alpha value is -3.13. The molecule has 0 aliphatic heterocycles. The van der Waals surface area contributed by atoms with Crippen LogP contribution in [0.5, 0.6) is 11.5 Å². The molecule has 1 aromatic carbocycles. The van der Waals surface area contributed by atoms with Crippen LogP contribution < -0.4 is 20.1 Å². The number of likely N-dealkylation sites (N-methyl/N-ethyl adjacent to an activating group) is 1. The number of pyridine rings is 1. The minimum absolute atomic E-state index is 0.125. The summed E-state index contributed by atoms with van der Waals surface area (Å²) in [5.41, 5.74) is 0.753. The second kappa shape index (κ2) is 9.54. The van der Waals surface area contributed by atoms with Crippen molar-refractivity contribution in [2.45, 2.75) is 0 Å². The van der Waals surface area contributed by atoms with Crippen LogP contribution in [0.3, 0.4) is 0 Å². The van der Waals surface area contributed by atoms with Crippen molar-refractivity contribution in [1.29, 1.82) is 0 Å². The number of ether oxygens (including phenoxy) is 2. The van der Waals surface area contributed by atoms with Gasteiger partial charge in [0.1, 0.15) is 22.9 Å². The Morgan fingerprint density at radius 3 is 2.37 bits per heavy atom. The second-order valence-corrected chi connectivity index (χ2v) is 5.99. The summed E-state index contributed by atoms with van der Waals surface area (Å²) in [6, 6.07) is 9.79. The van der Waals surface area contributed by atoms with Gasteiger partial charge in [-0.15, -0.1) is 0 Å². The van der Waals surface area contributed by atoms with Gasteiger partial charge in [-0.1, -0.05) is 6.07 Å². The summed E-state index contributed by atoms with van der Waals surface area (Å²) in [6.45, 7) is 1.20. The van der Waals surface area contributed by atoms with Crippen LogP contribution in [0.4, 0.5) is 5.69 Å². The van der Waals surface area contributed by atoms with Crippen LogP contribution in [-0.4, -0.2) is 63.1 Å². The molecule has 2 N–H and O–H groups in total. The highest BCUT2D eigenvalue weighted by molar-refractivity contribution is 6.04. The Kier molecular flexibility index (Phi) is 7.13. The van der Waals surface area contributed by atoms with Crippen LogP contribution in [-0.2, 0) is 0 Å². The first-order chi connectivity index (χ1) is 12.9. The zero-order valence-corrected chi connectivity index (χ0v) is 15.9. The van der Waals surface area contributed by atoms with Crippen molar-refractivity contribution < 1.29 is 19.1 Å². The predicted molar refractivity (Wildman–Crippen MR) is 103 cm³/mol. The maximum Gasteiger partial charge on any atom is 0.274 e. The average molecular weight is 372 g/mol. The number of anilines is 1. The molecule has 0 saturated carbocycles. The van der Waals surface area contributed by atoms with Crippen molar-refractivity contribution in [3.8, 4) is 11.5 Å². The van der Waals surface area contributed by atoms with E-state index in [1.807, 2.05) is 19.0 Å². The minimum atomic E-state index is -0.454. The molecular formula is C19H24N4O4. The van der Waals surface area contributed by atoms with Crippen LogP contribution in [0.15, 0.2) is 36.4 Å². The third-order valence-electron chi connectivity index (χ3n) is 3.71. The largest absolute Gasteiger partial charge is 0.497 e. The van der Waals surface area contributed by atoms with E-state index >= 15 is 0 Å². The van der Waals surface area contributed by atoms with Crippen LogP contribution in [0, 0.1) is 0 Å². The number of nitrogens with one attached hydrogen (secondary N) is 2. The summed E-state index contributed by atoms with van der Waals surface area (Å²) in [7, 11) is 6.88. The molecule has 2 rings (SSSR count). The van der Waals surface area contributed by atoms with Gasteiger partial charge < -0.3 is 25.0 Å². The number of hydrogen-bond acceptors (Lipinski definition) is 6. The summed E-state index contributed by atoms with van der Waals surface area (Å²) in [4.78, 5) is 30.8. The van der Waals surface area contributed by atoms with E-state index in [0.717, 1.165) is 0 Å². The quantitative estimate of drug-likeness (QED) is 0.732. The molecule has 0 atom stereocenters. The van der Waals surface area contributed by atoms with E-state index in [4.69, 9.17) is 9.47 Å². The van der Waals surface area contributed by atoms with Crippen LogP contribution in [0.2, 0.25) is 0 Å². The highest BCUT2D eigenvalue weighted by Crippen LogP contribution is 2.29. The van der Waals surface area contributed by atoms with E-state index in [9.17, 15) is 9.59 Å². The van der Waals surface area contributed by atoms with Gasteiger partial charge in [0.2, 0.25) is 0 Å². The molecule has 0 saturated heterocycles. The average Bonchev–Trinajstić information content (AvgIpc) is 2.67. The summed E-state index contributed by atoms with van der Waals surface area (Å²) in [5.74, 6) is 0.282. The summed E-state index contributed by atoms with van der Waals surface area (Å²) >= 11 is 0. The van der Waals surface area contributed by atoms with E-state index in [1.54, 1.807) is 36.4 Å². The van der Waals surface area contributed by atoms with E-state index in [1.165, 1.54) is 14.2 Å². The first-order valence-corrected chi connectivity index (χ1v) is 8.38. The number of nitrogens with zero attached hydrogens (tertiary/aromatic N) is 2. The van der Waals surface area contributed by atoms with Gasteiger partial charge in [-0.25, -0.2) is 4.98 Å². The molecule has 8 nitrogen and oxygen atoms in total. The molecule has 1 aromatic heterocycles. The first kappa shape index (κ1) is 20.2. The Balaban J connectivity index is 2.12. The summed E-state index contributed by atoms with van der Waals surface area (Å²) in [6.07, 6.45) is 0. The molecule has 2 aromatic rings. The van der Waals surface area contributed by atoms with Gasteiger partial charge in [-0.05, 0) is 38.4 Å². The van der Waals surface area contributed by atoms with Crippen LogP contribution in [0.1, 0.15) is 21.0 Å². The van der Waals surface area contributed by atoms with Gasteiger partial charge in [0.25, 0.3) is 11.8 Å². The van der Waals surface area contributed by atoms with Gasteiger partial charge in [0.05, 0.1) is 19.9 Å². The van der Waals surface area contributed by atoms with Crippen molar-refractivity contribution in [3.63, 3.8) is 0 Å². The van der Waals surface area contributed by atoms with Crippen molar-refractivity contribution in [2.24, 2.45) is 0 Å². The highest BCUT2D eigenvalue weighted by Gasteiger charge is 2.15. The molecule has 0 bridgehead atoms. The number of amides is 2. The molecule has 1 heterocycles. The lowest BCUT2D eigenvalue weighted by Gasteiger charge is -2.12. The van der Waals surface area contributed by atoms with Crippen molar-refractivity contribution in [3.05, 3.63) is 47.8 Å². The molecule has 0 aliphatic rings. The van der Waals surface area contributed by atoms with Crippen LogP contribution in [0.25, 0.3) is 0 Å². The monoisotopic (exact) mass is 372 g/mol. The Morgan fingerprint density at radius 1 is 1.04 bits per heavy atom. The van der Waals surface area contributed by atoms with Crippen molar-refractivity contribution in [2.75, 3.05) is 46.7 Å². The molecule has 0 fully saturated rings. The smallest absolute Gasteiger partial charge is 0.274 e. The molecule has 0 radical (unpaired) electrons. The molecule has 0 spiro atoms. The topological polar surface area (TPSA) is 92.8 Å². The third-order valence-corrected chi connectivity index (χ3v) is 3.71. The second-order valence-electron chi connectivity index (χ2n) is 5.99. The number of hydrogen-bond donors (Lipinski definition) is 2. The maximum atomic E-state index is 12.6. The fraction of sp³-hybridized carbons (Fsp3) is 0.316. The van der Waals surface area contributed by atoms with Crippen LogP contribution >= 0.6 is 0 Å². The lowest BCUT2D eigenvalue weighted by molar-refractivity contribution is 0.0946. The van der Waals surface area contributed by atoms with Gasteiger partial charge in [-0.3, -0.25) is 9.59 Å². The van der Waals surface area contributed by atoms with Gasteiger partial charge >= 0.3 is 0 Å². The lowest BCUT2D eigenvalue weighted by Crippen LogP contribution is -2.32. The number of benzene rings is 1. The zero-order chi connectivity index (χ0) is 19.8. The fourth-order valence-corrected chi connectivity index (χ4v) is 2.27. The minimum Gasteiger partial charge on any atom is -0.497 e. The molecule has 2 amide bonds. The number of methoxy groups -OCH3 is 2. The maximum absolute atomic E-state index is 12.6. The zero-order valence-electron chi connectivity index (χ0n) is 15.9. The first-order valence-electron chi connectivity index (χ1n) is 8.38.